The molecule has 26 heavy (non-hydrogen) atoms. The Hall–Kier alpha value is -2.68. The first-order chi connectivity index (χ1) is 12.4. The zero-order valence-corrected chi connectivity index (χ0v) is 15.7. The summed E-state index contributed by atoms with van der Waals surface area (Å²) >= 11 is 0. The van der Waals surface area contributed by atoms with Gasteiger partial charge in [-0.15, -0.1) is 0 Å². The standard InChI is InChI=1S/C21H21NO3S/c1-18-12-14-21(15-13-18)26(24,25)22(16-6-8-19(2)23)17-7-11-20-9-4-3-5-10-20/h3-6,8-10,12-15H,16-17H2,1-2H3/b8-6+. The summed E-state index contributed by atoms with van der Waals surface area (Å²) in [6.07, 6.45) is 2.90. The minimum atomic E-state index is -3.70. The topological polar surface area (TPSA) is 54.5 Å². The van der Waals surface area contributed by atoms with Crippen LogP contribution in [-0.4, -0.2) is 31.6 Å². The van der Waals surface area contributed by atoms with Crippen LogP contribution in [-0.2, 0) is 14.8 Å². The van der Waals surface area contributed by atoms with Crippen molar-refractivity contribution >= 4 is 15.8 Å². The summed E-state index contributed by atoms with van der Waals surface area (Å²) in [5, 5.41) is 0. The van der Waals surface area contributed by atoms with E-state index in [1.54, 1.807) is 24.3 Å². The average molecular weight is 367 g/mol. The highest BCUT2D eigenvalue weighted by molar-refractivity contribution is 7.89. The molecular weight excluding hydrogens is 346 g/mol. The van der Waals surface area contributed by atoms with Crippen LogP contribution in [0.5, 0.6) is 0 Å². The Morgan fingerprint density at radius 3 is 2.35 bits per heavy atom. The molecule has 0 saturated heterocycles. The Bertz CT molecular complexity index is 934. The number of nitrogens with zero attached hydrogens (tertiary/aromatic N) is 1. The molecule has 134 valence electrons. The van der Waals surface area contributed by atoms with E-state index in [2.05, 4.69) is 11.8 Å². The van der Waals surface area contributed by atoms with Crippen molar-refractivity contribution in [1.29, 1.82) is 0 Å². The van der Waals surface area contributed by atoms with Gasteiger partial charge in [0.15, 0.2) is 5.78 Å². The fraction of sp³-hybridized carbons (Fsp3) is 0.190. The molecule has 0 unspecified atom stereocenters. The zero-order valence-electron chi connectivity index (χ0n) is 14.8. The predicted molar refractivity (Wildman–Crippen MR) is 103 cm³/mol. The van der Waals surface area contributed by atoms with Crippen LogP contribution in [0.3, 0.4) is 0 Å². The fourth-order valence-corrected chi connectivity index (χ4v) is 3.49. The van der Waals surface area contributed by atoms with Gasteiger partial charge in [0.25, 0.3) is 0 Å². The Morgan fingerprint density at radius 1 is 1.08 bits per heavy atom. The number of hydrogen-bond acceptors (Lipinski definition) is 3. The van der Waals surface area contributed by atoms with Crippen LogP contribution in [0.1, 0.15) is 18.1 Å². The normalized spacial score (nSPS) is 11.3. The van der Waals surface area contributed by atoms with Gasteiger partial charge in [-0.1, -0.05) is 53.8 Å². The number of rotatable bonds is 6. The van der Waals surface area contributed by atoms with Crippen LogP contribution in [0, 0.1) is 18.8 Å². The second-order valence-electron chi connectivity index (χ2n) is 5.79. The molecule has 0 bridgehead atoms. The molecule has 4 nitrogen and oxygen atoms in total. The van der Waals surface area contributed by atoms with Crippen molar-refractivity contribution in [2.24, 2.45) is 0 Å². The molecule has 0 aliphatic carbocycles. The van der Waals surface area contributed by atoms with Gasteiger partial charge >= 0.3 is 0 Å². The molecule has 2 aromatic carbocycles. The second kappa shape index (κ2) is 9.14. The van der Waals surface area contributed by atoms with E-state index in [0.717, 1.165) is 11.1 Å². The highest BCUT2D eigenvalue weighted by Crippen LogP contribution is 2.16. The van der Waals surface area contributed by atoms with E-state index >= 15 is 0 Å². The van der Waals surface area contributed by atoms with Gasteiger partial charge < -0.3 is 0 Å². The molecule has 0 N–H and O–H groups in total. The summed E-state index contributed by atoms with van der Waals surface area (Å²) in [6.45, 7) is 3.44. The van der Waals surface area contributed by atoms with E-state index < -0.39 is 10.0 Å². The predicted octanol–water partition coefficient (Wildman–Crippen LogP) is 3.18. The number of hydrogen-bond donors (Lipinski definition) is 0. The lowest BCUT2D eigenvalue weighted by atomic mass is 10.2. The molecule has 5 heteroatoms. The van der Waals surface area contributed by atoms with Gasteiger partial charge in [-0.3, -0.25) is 4.79 Å². The van der Waals surface area contributed by atoms with Crippen molar-refractivity contribution in [2.45, 2.75) is 18.7 Å². The summed E-state index contributed by atoms with van der Waals surface area (Å²) in [5.74, 6) is 5.73. The van der Waals surface area contributed by atoms with Gasteiger partial charge in [0.05, 0.1) is 11.4 Å². The van der Waals surface area contributed by atoms with Crippen molar-refractivity contribution in [3.63, 3.8) is 0 Å². The van der Waals surface area contributed by atoms with Crippen LogP contribution in [0.4, 0.5) is 0 Å². The van der Waals surface area contributed by atoms with Crippen LogP contribution in [0.15, 0.2) is 71.6 Å². The molecule has 2 rings (SSSR count). The first kappa shape index (κ1) is 19.6. The maximum Gasteiger partial charge on any atom is 0.244 e. The Labute approximate surface area is 155 Å². The van der Waals surface area contributed by atoms with Crippen molar-refractivity contribution < 1.29 is 13.2 Å². The molecule has 2 aromatic rings. The van der Waals surface area contributed by atoms with Gasteiger partial charge in [-0.05, 0) is 44.2 Å². The zero-order chi connectivity index (χ0) is 19.0. The highest BCUT2D eigenvalue weighted by Gasteiger charge is 2.22. The van der Waals surface area contributed by atoms with E-state index in [1.165, 1.54) is 23.4 Å². The third kappa shape index (κ3) is 5.69. The maximum atomic E-state index is 12.9. The lowest BCUT2D eigenvalue weighted by Gasteiger charge is -2.18. The molecule has 0 heterocycles. The molecule has 0 aliphatic heterocycles. The Balaban J connectivity index is 2.26. The summed E-state index contributed by atoms with van der Waals surface area (Å²) < 4.78 is 27.1. The van der Waals surface area contributed by atoms with Gasteiger partial charge in [0.1, 0.15) is 0 Å². The SMILES string of the molecule is CC(=O)/C=C/CN(CC#Cc1ccccc1)S(=O)(=O)c1ccc(C)cc1. The number of allylic oxidation sites excluding steroid dienone is 1. The van der Waals surface area contributed by atoms with Crippen molar-refractivity contribution in [3.05, 3.63) is 77.9 Å². The van der Waals surface area contributed by atoms with E-state index in [-0.39, 0.29) is 23.8 Å². The molecule has 0 fully saturated rings. The summed E-state index contributed by atoms with van der Waals surface area (Å²) in [4.78, 5) is 11.3. The van der Waals surface area contributed by atoms with Crippen LogP contribution < -0.4 is 0 Å². The van der Waals surface area contributed by atoms with Gasteiger partial charge in [0, 0.05) is 12.1 Å². The quantitative estimate of drug-likeness (QED) is 0.582. The number of ketones is 1. The molecule has 0 amide bonds. The molecule has 0 aliphatic rings. The first-order valence-corrected chi connectivity index (χ1v) is 9.61. The lowest BCUT2D eigenvalue weighted by Crippen LogP contribution is -2.31. The smallest absolute Gasteiger partial charge is 0.244 e. The highest BCUT2D eigenvalue weighted by atomic mass is 32.2. The maximum absolute atomic E-state index is 12.9. The van der Waals surface area contributed by atoms with Gasteiger partial charge in [0.2, 0.25) is 10.0 Å². The number of benzene rings is 2. The molecule has 0 spiro atoms. The number of carbonyl (C=O) groups excluding carboxylic acids is 1. The second-order valence-corrected chi connectivity index (χ2v) is 7.73. The average Bonchev–Trinajstić information content (AvgIpc) is 2.61. The van der Waals surface area contributed by atoms with E-state index in [4.69, 9.17) is 0 Å². The summed E-state index contributed by atoms with van der Waals surface area (Å²) in [5.41, 5.74) is 1.80. The molecule has 0 saturated carbocycles. The minimum absolute atomic E-state index is 0.0351. The number of sulfonamides is 1. The molecule has 0 aromatic heterocycles. The lowest BCUT2D eigenvalue weighted by molar-refractivity contribution is -0.112. The van der Waals surface area contributed by atoms with Gasteiger partial charge in [-0.2, -0.15) is 4.31 Å². The minimum Gasteiger partial charge on any atom is -0.295 e. The van der Waals surface area contributed by atoms with Crippen LogP contribution in [0.2, 0.25) is 0 Å². The Morgan fingerprint density at radius 2 is 1.73 bits per heavy atom. The third-order valence-corrected chi connectivity index (χ3v) is 5.41. The van der Waals surface area contributed by atoms with Crippen LogP contribution >= 0.6 is 0 Å². The first-order valence-electron chi connectivity index (χ1n) is 8.17. The van der Waals surface area contributed by atoms with Crippen molar-refractivity contribution in [1.82, 2.24) is 4.31 Å². The number of aryl methyl sites for hydroxylation is 1. The van der Waals surface area contributed by atoms with E-state index in [9.17, 15) is 13.2 Å². The largest absolute Gasteiger partial charge is 0.295 e. The summed E-state index contributed by atoms with van der Waals surface area (Å²) in [7, 11) is -3.70. The van der Waals surface area contributed by atoms with Crippen molar-refractivity contribution in [3.8, 4) is 11.8 Å². The molecular formula is C21H21NO3S. The molecule has 0 atom stereocenters. The van der Waals surface area contributed by atoms with Gasteiger partial charge in [-0.25, -0.2) is 8.42 Å². The van der Waals surface area contributed by atoms with E-state index in [1.807, 2.05) is 37.3 Å². The fourth-order valence-electron chi connectivity index (χ4n) is 2.19. The summed E-state index contributed by atoms with van der Waals surface area (Å²) in [6, 6.07) is 16.0. The van der Waals surface area contributed by atoms with Crippen molar-refractivity contribution in [2.75, 3.05) is 13.1 Å². The monoisotopic (exact) mass is 367 g/mol. The third-order valence-electron chi connectivity index (χ3n) is 3.58. The Kier molecular flexibility index (Phi) is 6.90. The number of carbonyl (C=O) groups is 1. The van der Waals surface area contributed by atoms with Crippen LogP contribution in [0.25, 0.3) is 0 Å². The van der Waals surface area contributed by atoms with E-state index in [0.29, 0.717) is 0 Å². The molecule has 0 radical (unpaired) electrons.